The van der Waals surface area contributed by atoms with Crippen molar-refractivity contribution in [3.63, 3.8) is 0 Å². The van der Waals surface area contributed by atoms with E-state index in [2.05, 4.69) is 41.9 Å². The Balaban J connectivity index is 0.00000506. The van der Waals surface area contributed by atoms with Crippen LogP contribution >= 0.6 is 0 Å². The molecule has 2 aliphatic rings. The summed E-state index contributed by atoms with van der Waals surface area (Å²) in [6.07, 6.45) is 1.41. The molecule has 1 heterocycles. The van der Waals surface area contributed by atoms with Crippen LogP contribution < -0.4 is 49.1 Å². The Morgan fingerprint density at radius 2 is 1.53 bits per heavy atom. The molecule has 2 aromatic rings. The first-order chi connectivity index (χ1) is 20.0. The number of hydrogen-bond donors (Lipinski definition) is 1. The van der Waals surface area contributed by atoms with Gasteiger partial charge in [0.2, 0.25) is 15.4 Å². The Morgan fingerprint density at radius 3 is 2.14 bits per heavy atom. The molecule has 0 bridgehead atoms. The van der Waals surface area contributed by atoms with E-state index in [-0.39, 0.29) is 46.6 Å². The summed E-state index contributed by atoms with van der Waals surface area (Å²) >= 11 is 0. The Hall–Kier alpha value is -2.25. The van der Waals surface area contributed by atoms with Crippen molar-refractivity contribution < 1.29 is 55.4 Å². The predicted octanol–water partition coefficient (Wildman–Crippen LogP) is 1.85. The second-order valence-electron chi connectivity index (χ2n) is 10.0. The van der Waals surface area contributed by atoms with Gasteiger partial charge in [-0.2, -0.15) is 0 Å². The average Bonchev–Trinajstić information content (AvgIpc) is 2.96. The van der Waals surface area contributed by atoms with Crippen LogP contribution in [0.15, 0.2) is 68.8 Å². The molecule has 0 amide bonds. The number of nitrogens with zero attached hydrogens (tertiary/aromatic N) is 2. The van der Waals surface area contributed by atoms with Gasteiger partial charge in [0, 0.05) is 59.5 Å². The summed E-state index contributed by atoms with van der Waals surface area (Å²) in [6, 6.07) is 15.1. The summed E-state index contributed by atoms with van der Waals surface area (Å²) in [5, 5.41) is 1.55. The van der Waals surface area contributed by atoms with E-state index in [0.717, 1.165) is 49.7 Å². The first-order valence-corrected chi connectivity index (χ1v) is 17.3. The van der Waals surface area contributed by atoms with Gasteiger partial charge in [0.1, 0.15) is 34.6 Å². The van der Waals surface area contributed by atoms with E-state index in [0.29, 0.717) is 34.3 Å². The van der Waals surface area contributed by atoms with E-state index in [4.69, 9.17) is 4.42 Å². The third kappa shape index (κ3) is 7.53. The molecular weight excluding hydrogens is 597 g/mol. The fraction of sp³-hybridized carbons (Fsp3) is 0.387. The zero-order chi connectivity index (χ0) is 30.7. The maximum absolute atomic E-state index is 12.9. The Labute approximate surface area is 277 Å². The van der Waals surface area contributed by atoms with Crippen LogP contribution in [-0.4, -0.2) is 54.1 Å². The number of nitrogens with one attached hydrogen (secondary N) is 1. The summed E-state index contributed by atoms with van der Waals surface area (Å²) in [5.74, 6) is 0.519. The van der Waals surface area contributed by atoms with Crippen molar-refractivity contribution in [2.45, 2.75) is 57.3 Å². The van der Waals surface area contributed by atoms with E-state index in [1.807, 2.05) is 43.3 Å². The van der Waals surface area contributed by atoms with Crippen molar-refractivity contribution in [1.29, 1.82) is 0 Å². The molecule has 1 aliphatic heterocycles. The summed E-state index contributed by atoms with van der Waals surface area (Å²) < 4.78 is 75.0. The minimum Gasteiger partial charge on any atom is -0.744 e. The monoisotopic (exact) mass is 636 g/mol. The molecule has 1 N–H and O–H groups in total. The van der Waals surface area contributed by atoms with Gasteiger partial charge in [-0.15, -0.1) is 0 Å². The third-order valence-electron chi connectivity index (χ3n) is 7.57. The maximum Gasteiger partial charge on any atom is 1.00 e. The van der Waals surface area contributed by atoms with Crippen LogP contribution in [-0.2, 0) is 20.1 Å². The molecule has 0 fully saturated rings. The van der Waals surface area contributed by atoms with E-state index in [1.54, 1.807) is 0 Å². The zero-order valence-corrected chi connectivity index (χ0v) is 29.4. The largest absolute Gasteiger partial charge is 1.00 e. The fourth-order valence-corrected chi connectivity index (χ4v) is 7.16. The summed E-state index contributed by atoms with van der Waals surface area (Å²) in [4.78, 5) is 1.29. The normalized spacial score (nSPS) is 12.0. The maximum atomic E-state index is 12.9. The quantitative estimate of drug-likeness (QED) is 0.0828. The topological polar surface area (TPSA) is 123 Å². The predicted molar refractivity (Wildman–Crippen MR) is 166 cm³/mol. The molecule has 0 radical (unpaired) electrons. The molecule has 0 saturated carbocycles. The van der Waals surface area contributed by atoms with Gasteiger partial charge in [0.15, 0.2) is 0 Å². The first-order valence-electron chi connectivity index (χ1n) is 14.4. The Morgan fingerprint density at radius 1 is 0.860 bits per heavy atom. The molecule has 1 aliphatic carbocycles. The summed E-state index contributed by atoms with van der Waals surface area (Å²) in [7, 11) is -9.10. The van der Waals surface area contributed by atoms with Crippen molar-refractivity contribution in [1.82, 2.24) is 9.30 Å². The summed E-state index contributed by atoms with van der Waals surface area (Å²) in [5.41, 5.74) is 2.68. The first kappa shape index (κ1) is 35.2. The molecule has 43 heavy (non-hydrogen) atoms. The van der Waals surface area contributed by atoms with Crippen molar-refractivity contribution in [3.05, 3.63) is 60.0 Å². The fourth-order valence-electron chi connectivity index (χ4n) is 5.28. The average molecular weight is 637 g/mol. The van der Waals surface area contributed by atoms with Crippen molar-refractivity contribution in [2.24, 2.45) is 0 Å². The molecule has 2 aromatic carbocycles. The number of sulfonamides is 1. The van der Waals surface area contributed by atoms with E-state index in [1.165, 1.54) is 12.1 Å². The van der Waals surface area contributed by atoms with Gasteiger partial charge in [-0.05, 0) is 64.4 Å². The zero-order valence-electron chi connectivity index (χ0n) is 25.8. The van der Waals surface area contributed by atoms with Gasteiger partial charge in [0.05, 0.1) is 15.9 Å². The van der Waals surface area contributed by atoms with Crippen LogP contribution in [0.5, 0.6) is 0 Å². The Kier molecular flexibility index (Phi) is 12.0. The third-order valence-corrected chi connectivity index (χ3v) is 9.91. The second-order valence-corrected chi connectivity index (χ2v) is 13.2. The molecule has 0 aromatic heterocycles. The standard InChI is InChI=1S/C31H39N3O6S2.Na/c1-6-11-18-32-41(35,36)24-14-17-27(30(21-24)42(37,38)39)31-25-15-12-22(33(7-2)8-3)19-28(25)40-29-20-23(13-16-26(29)31)34(9-4)10-5;/h12-17,19-21,32H,6-11,18H2,1-5H3;/q;+1. The molecule has 0 spiro atoms. The van der Waals surface area contributed by atoms with E-state index >= 15 is 0 Å². The molecule has 4 rings (SSSR count). The van der Waals surface area contributed by atoms with Gasteiger partial charge in [-0.1, -0.05) is 19.4 Å². The van der Waals surface area contributed by atoms with Crippen LogP contribution in [0.1, 0.15) is 47.5 Å². The number of unbranched alkanes of at least 4 members (excludes halogenated alkanes) is 1. The minimum atomic E-state index is -5.08. The van der Waals surface area contributed by atoms with Crippen LogP contribution in [0.2, 0.25) is 0 Å². The van der Waals surface area contributed by atoms with Crippen LogP contribution in [0.25, 0.3) is 33.4 Å². The van der Waals surface area contributed by atoms with Gasteiger partial charge < -0.3 is 13.9 Å². The second kappa shape index (κ2) is 14.7. The van der Waals surface area contributed by atoms with E-state index in [9.17, 15) is 21.4 Å². The van der Waals surface area contributed by atoms with E-state index < -0.39 is 25.0 Å². The SMILES string of the molecule is CCCCNS(=O)(=O)c1ccc(-c2c3ccc(=[N+](CC)CC)cc-3oc3cc(N(CC)CC)ccc23)c(S(=O)(=O)[O-])c1.[Na+]. The van der Waals surface area contributed by atoms with Gasteiger partial charge in [0.25, 0.3) is 0 Å². The number of rotatable bonds is 12. The van der Waals surface area contributed by atoms with Crippen molar-refractivity contribution in [2.75, 3.05) is 37.6 Å². The van der Waals surface area contributed by atoms with Crippen LogP contribution in [0.4, 0.5) is 5.69 Å². The minimum absolute atomic E-state index is 0. The number of hydrogen-bond acceptors (Lipinski definition) is 7. The molecule has 12 heteroatoms. The number of benzene rings is 3. The Bertz CT molecular complexity index is 1840. The van der Waals surface area contributed by atoms with Crippen molar-refractivity contribution in [3.8, 4) is 22.5 Å². The molecule has 9 nitrogen and oxygen atoms in total. The molecule has 0 atom stereocenters. The molecule has 226 valence electrons. The number of fused-ring (bicyclic) bond motifs is 2. The van der Waals surface area contributed by atoms with Crippen LogP contribution in [0.3, 0.4) is 0 Å². The van der Waals surface area contributed by atoms with Crippen LogP contribution in [0, 0.1) is 0 Å². The molecule has 0 saturated heterocycles. The smallest absolute Gasteiger partial charge is 0.744 e. The summed E-state index contributed by atoms with van der Waals surface area (Å²) in [6.45, 7) is 13.5. The van der Waals surface area contributed by atoms with Gasteiger partial charge in [-0.3, -0.25) is 0 Å². The van der Waals surface area contributed by atoms with Gasteiger partial charge >= 0.3 is 29.6 Å². The molecule has 0 unspecified atom stereocenters. The molecular formula is C31H39N3NaO6S2+. The number of anilines is 1. The van der Waals surface area contributed by atoms with Gasteiger partial charge in [-0.25, -0.2) is 26.1 Å². The van der Waals surface area contributed by atoms with Crippen molar-refractivity contribution >= 4 is 36.8 Å².